The second-order valence-corrected chi connectivity index (χ2v) is 3.76. The molecule has 2 aromatic rings. The molecule has 2 rings (SSSR count). The Kier molecular flexibility index (Phi) is 3.52. The molecule has 0 unspecified atom stereocenters. The second kappa shape index (κ2) is 5.26. The molecule has 0 aliphatic carbocycles. The maximum atomic E-state index is 11.3. The fourth-order valence-corrected chi connectivity index (χ4v) is 1.52. The summed E-state index contributed by atoms with van der Waals surface area (Å²) < 4.78 is 1.59. The van der Waals surface area contributed by atoms with Gasteiger partial charge < -0.3 is 10.2 Å². The van der Waals surface area contributed by atoms with E-state index < -0.39 is 0 Å². The average molecular weight is 246 g/mol. The molecule has 7 heteroatoms. The van der Waals surface area contributed by atoms with Gasteiger partial charge in [-0.2, -0.15) is 4.68 Å². The molecule has 1 aromatic carbocycles. The fraction of sp³-hybridized carbons (Fsp3) is 0.273. The van der Waals surface area contributed by atoms with Crippen LogP contribution in [-0.4, -0.2) is 46.8 Å². The molecule has 0 aliphatic rings. The molecular weight excluding hydrogens is 232 g/mol. The third kappa shape index (κ3) is 2.45. The van der Waals surface area contributed by atoms with E-state index in [1.165, 1.54) is 0 Å². The number of tetrazole rings is 1. The third-order valence-corrected chi connectivity index (χ3v) is 2.45. The minimum Gasteiger partial charge on any atom is -0.358 e. The summed E-state index contributed by atoms with van der Waals surface area (Å²) in [4.78, 5) is 13.0. The lowest BCUT2D eigenvalue weighted by Crippen LogP contribution is -2.34. The highest BCUT2D eigenvalue weighted by Gasteiger charge is 2.14. The van der Waals surface area contributed by atoms with Gasteiger partial charge in [-0.25, -0.2) is 0 Å². The Hall–Kier alpha value is -2.44. The zero-order valence-electron chi connectivity index (χ0n) is 10.2. The van der Waals surface area contributed by atoms with Crippen LogP contribution in [0.25, 0.3) is 5.69 Å². The van der Waals surface area contributed by atoms with Gasteiger partial charge in [0.2, 0.25) is 5.91 Å². The number of hydrogen-bond acceptors (Lipinski definition) is 5. The van der Waals surface area contributed by atoms with E-state index >= 15 is 0 Å². The van der Waals surface area contributed by atoms with Crippen molar-refractivity contribution in [3.05, 3.63) is 30.3 Å². The van der Waals surface area contributed by atoms with Crippen LogP contribution in [0.4, 0.5) is 5.95 Å². The number of nitrogens with one attached hydrogen (secondary N) is 1. The number of rotatable bonds is 4. The Morgan fingerprint density at radius 3 is 2.78 bits per heavy atom. The van der Waals surface area contributed by atoms with Gasteiger partial charge in [0.25, 0.3) is 5.95 Å². The van der Waals surface area contributed by atoms with E-state index in [4.69, 9.17) is 0 Å². The zero-order valence-corrected chi connectivity index (χ0v) is 10.2. The summed E-state index contributed by atoms with van der Waals surface area (Å²) >= 11 is 0. The molecule has 0 fully saturated rings. The molecule has 1 N–H and O–H groups in total. The number of nitrogens with zero attached hydrogens (tertiary/aromatic N) is 5. The normalized spacial score (nSPS) is 10.1. The van der Waals surface area contributed by atoms with E-state index in [1.807, 2.05) is 30.3 Å². The first-order chi connectivity index (χ1) is 8.72. The number of hydrogen-bond donors (Lipinski definition) is 1. The highest BCUT2D eigenvalue weighted by atomic mass is 16.1. The summed E-state index contributed by atoms with van der Waals surface area (Å²) in [6.07, 6.45) is 0. The Bertz CT molecular complexity index is 523. The molecule has 0 bridgehead atoms. The molecule has 0 saturated heterocycles. The van der Waals surface area contributed by atoms with Crippen molar-refractivity contribution in [2.45, 2.75) is 0 Å². The van der Waals surface area contributed by atoms with E-state index in [9.17, 15) is 4.79 Å². The van der Waals surface area contributed by atoms with E-state index in [0.717, 1.165) is 5.69 Å². The van der Waals surface area contributed by atoms with E-state index in [1.54, 1.807) is 23.7 Å². The summed E-state index contributed by atoms with van der Waals surface area (Å²) in [6, 6.07) is 9.52. The van der Waals surface area contributed by atoms with Crippen LogP contribution >= 0.6 is 0 Å². The van der Waals surface area contributed by atoms with Gasteiger partial charge in [0.15, 0.2) is 0 Å². The number of carbonyl (C=O) groups is 1. The van der Waals surface area contributed by atoms with Crippen molar-refractivity contribution in [1.29, 1.82) is 0 Å². The van der Waals surface area contributed by atoms with Crippen molar-refractivity contribution in [2.75, 3.05) is 25.5 Å². The lowest BCUT2D eigenvalue weighted by Gasteiger charge is -2.16. The number of carbonyl (C=O) groups excluding carboxylic acids is 1. The number of anilines is 1. The largest absolute Gasteiger partial charge is 0.358 e. The lowest BCUT2D eigenvalue weighted by molar-refractivity contribution is -0.119. The number of benzene rings is 1. The van der Waals surface area contributed by atoms with Crippen LogP contribution < -0.4 is 10.2 Å². The first-order valence-electron chi connectivity index (χ1n) is 5.48. The molecule has 18 heavy (non-hydrogen) atoms. The number of amides is 1. The van der Waals surface area contributed by atoms with Gasteiger partial charge in [-0.15, -0.1) is 0 Å². The monoisotopic (exact) mass is 246 g/mol. The number of para-hydroxylation sites is 1. The molecule has 0 saturated carbocycles. The quantitative estimate of drug-likeness (QED) is 0.811. The number of aromatic nitrogens is 4. The molecule has 0 radical (unpaired) electrons. The Morgan fingerprint density at radius 1 is 1.39 bits per heavy atom. The molecule has 7 nitrogen and oxygen atoms in total. The zero-order chi connectivity index (χ0) is 13.0. The smallest absolute Gasteiger partial charge is 0.250 e. The van der Waals surface area contributed by atoms with E-state index in [0.29, 0.717) is 5.95 Å². The molecule has 94 valence electrons. The Morgan fingerprint density at radius 2 is 2.11 bits per heavy atom. The van der Waals surface area contributed by atoms with Gasteiger partial charge in [-0.05, 0) is 22.6 Å². The standard InChI is InChI=1S/C11H14N6O/c1-12-10(18)8-16(2)11-13-14-15-17(11)9-6-4-3-5-7-9/h3-7H,8H2,1-2H3,(H,12,18). The summed E-state index contributed by atoms with van der Waals surface area (Å²) in [5, 5.41) is 14.1. The predicted molar refractivity (Wildman–Crippen MR) is 66.5 cm³/mol. The topological polar surface area (TPSA) is 75.9 Å². The maximum Gasteiger partial charge on any atom is 0.250 e. The summed E-state index contributed by atoms with van der Waals surface area (Å²) in [5.41, 5.74) is 0.848. The maximum absolute atomic E-state index is 11.3. The third-order valence-electron chi connectivity index (χ3n) is 2.45. The van der Waals surface area contributed by atoms with Crippen molar-refractivity contribution in [1.82, 2.24) is 25.5 Å². The van der Waals surface area contributed by atoms with Gasteiger partial charge in [0.1, 0.15) is 0 Å². The molecule has 1 amide bonds. The van der Waals surface area contributed by atoms with Gasteiger partial charge in [0, 0.05) is 14.1 Å². The molecule has 1 aromatic heterocycles. The van der Waals surface area contributed by atoms with Crippen LogP contribution in [0.1, 0.15) is 0 Å². The number of likely N-dealkylation sites (N-methyl/N-ethyl adjacent to an activating group) is 2. The van der Waals surface area contributed by atoms with Gasteiger partial charge in [-0.1, -0.05) is 23.3 Å². The fourth-order valence-electron chi connectivity index (χ4n) is 1.52. The summed E-state index contributed by atoms with van der Waals surface area (Å²) in [7, 11) is 3.36. The first kappa shape index (κ1) is 12.0. The van der Waals surface area contributed by atoms with Crippen LogP contribution in [-0.2, 0) is 4.79 Å². The minimum absolute atomic E-state index is 0.0971. The lowest BCUT2D eigenvalue weighted by atomic mass is 10.3. The first-order valence-corrected chi connectivity index (χ1v) is 5.48. The van der Waals surface area contributed by atoms with Gasteiger partial charge in [0.05, 0.1) is 12.2 Å². The van der Waals surface area contributed by atoms with Gasteiger partial charge in [-0.3, -0.25) is 4.79 Å². The van der Waals surface area contributed by atoms with Crippen LogP contribution in [0.15, 0.2) is 30.3 Å². The SMILES string of the molecule is CNC(=O)CN(C)c1nnnn1-c1ccccc1. The van der Waals surface area contributed by atoms with Crippen LogP contribution in [0.3, 0.4) is 0 Å². The van der Waals surface area contributed by atoms with Crippen molar-refractivity contribution >= 4 is 11.9 Å². The van der Waals surface area contributed by atoms with Crippen molar-refractivity contribution in [3.63, 3.8) is 0 Å². The van der Waals surface area contributed by atoms with Crippen LogP contribution in [0.2, 0.25) is 0 Å². The van der Waals surface area contributed by atoms with Crippen LogP contribution in [0.5, 0.6) is 0 Å². The predicted octanol–water partition coefficient (Wildman–Crippen LogP) is -0.155. The van der Waals surface area contributed by atoms with Gasteiger partial charge >= 0.3 is 0 Å². The minimum atomic E-state index is -0.0971. The molecule has 0 aliphatic heterocycles. The van der Waals surface area contributed by atoms with Crippen LogP contribution in [0, 0.1) is 0 Å². The highest BCUT2D eigenvalue weighted by molar-refractivity contribution is 5.80. The summed E-state index contributed by atoms with van der Waals surface area (Å²) in [5.74, 6) is 0.421. The molecule has 0 spiro atoms. The molecule has 0 atom stereocenters. The Labute approximate surface area is 104 Å². The second-order valence-electron chi connectivity index (χ2n) is 3.76. The van der Waals surface area contributed by atoms with E-state index in [-0.39, 0.29) is 12.5 Å². The summed E-state index contributed by atoms with van der Waals surface area (Å²) in [6.45, 7) is 0.198. The van der Waals surface area contributed by atoms with Crippen molar-refractivity contribution < 1.29 is 4.79 Å². The Balaban J connectivity index is 2.25. The average Bonchev–Trinajstić information content (AvgIpc) is 2.88. The molecular formula is C11H14N6O. The van der Waals surface area contributed by atoms with Crippen molar-refractivity contribution in [3.8, 4) is 5.69 Å². The van der Waals surface area contributed by atoms with Crippen molar-refractivity contribution in [2.24, 2.45) is 0 Å². The van der Waals surface area contributed by atoms with E-state index in [2.05, 4.69) is 20.8 Å². The highest BCUT2D eigenvalue weighted by Crippen LogP contribution is 2.13. The molecule has 1 heterocycles.